The highest BCUT2D eigenvalue weighted by Crippen LogP contribution is 2.31. The van der Waals surface area contributed by atoms with Gasteiger partial charge < -0.3 is 4.74 Å². The Morgan fingerprint density at radius 1 is 1.04 bits per heavy atom. The number of hydrogen-bond donors (Lipinski definition) is 1. The molecule has 1 aliphatic heterocycles. The highest BCUT2D eigenvalue weighted by atomic mass is 19.4. The molecule has 0 aromatic heterocycles. The lowest BCUT2D eigenvalue weighted by Gasteiger charge is -2.24. The van der Waals surface area contributed by atoms with Gasteiger partial charge in [-0.1, -0.05) is 42.0 Å². The van der Waals surface area contributed by atoms with Gasteiger partial charge in [-0.15, -0.1) is 0 Å². The fraction of sp³-hybridized carbons (Fsp3) is 0.263. The Bertz CT molecular complexity index is 769. The van der Waals surface area contributed by atoms with Crippen molar-refractivity contribution in [1.29, 1.82) is 0 Å². The Labute approximate surface area is 144 Å². The van der Waals surface area contributed by atoms with Crippen LogP contribution in [0, 0.1) is 13.8 Å². The fourth-order valence-electron chi connectivity index (χ4n) is 2.55. The molecule has 1 heterocycles. The summed E-state index contributed by atoms with van der Waals surface area (Å²) < 4.78 is 45.0. The third kappa shape index (κ3) is 4.14. The third-order valence-electron chi connectivity index (χ3n) is 3.92. The fourth-order valence-corrected chi connectivity index (χ4v) is 2.55. The SMILES string of the molecule is Cc1ccc(COC2=CC(C(F)(F)F)NN2c2cccc(C)c2)cc1. The summed E-state index contributed by atoms with van der Waals surface area (Å²) >= 11 is 0. The zero-order valence-electron chi connectivity index (χ0n) is 14.0. The molecule has 132 valence electrons. The third-order valence-corrected chi connectivity index (χ3v) is 3.92. The van der Waals surface area contributed by atoms with Crippen molar-refractivity contribution in [2.45, 2.75) is 32.7 Å². The van der Waals surface area contributed by atoms with Crippen LogP contribution >= 0.6 is 0 Å². The van der Waals surface area contributed by atoms with E-state index in [1.54, 1.807) is 18.2 Å². The van der Waals surface area contributed by atoms with Crippen molar-refractivity contribution in [3.63, 3.8) is 0 Å². The molecule has 0 spiro atoms. The van der Waals surface area contributed by atoms with Gasteiger partial charge >= 0.3 is 6.18 Å². The first-order valence-electron chi connectivity index (χ1n) is 7.93. The zero-order chi connectivity index (χ0) is 18.0. The monoisotopic (exact) mass is 348 g/mol. The molecule has 3 rings (SSSR count). The summed E-state index contributed by atoms with van der Waals surface area (Å²) in [4.78, 5) is 0. The van der Waals surface area contributed by atoms with Crippen LogP contribution in [0.25, 0.3) is 0 Å². The molecule has 2 aromatic carbocycles. The van der Waals surface area contributed by atoms with Crippen molar-refractivity contribution in [3.05, 3.63) is 77.2 Å². The normalized spacial score (nSPS) is 17.6. The Morgan fingerprint density at radius 2 is 1.76 bits per heavy atom. The Hall–Kier alpha value is -2.47. The van der Waals surface area contributed by atoms with E-state index in [2.05, 4.69) is 5.43 Å². The Balaban J connectivity index is 1.81. The zero-order valence-corrected chi connectivity index (χ0v) is 14.0. The minimum absolute atomic E-state index is 0.147. The lowest BCUT2D eigenvalue weighted by Crippen LogP contribution is -2.45. The van der Waals surface area contributed by atoms with E-state index >= 15 is 0 Å². The van der Waals surface area contributed by atoms with Crippen LogP contribution in [0.5, 0.6) is 0 Å². The summed E-state index contributed by atoms with van der Waals surface area (Å²) in [5, 5.41) is 1.35. The number of anilines is 1. The molecule has 0 fully saturated rings. The second kappa shape index (κ2) is 6.80. The summed E-state index contributed by atoms with van der Waals surface area (Å²) in [5.74, 6) is 0.147. The number of benzene rings is 2. The summed E-state index contributed by atoms with van der Waals surface area (Å²) in [6, 6.07) is 13.1. The second-order valence-corrected chi connectivity index (χ2v) is 6.10. The molecule has 3 nitrogen and oxygen atoms in total. The van der Waals surface area contributed by atoms with Gasteiger partial charge in [0.25, 0.3) is 0 Å². The van der Waals surface area contributed by atoms with Crippen LogP contribution in [-0.2, 0) is 11.3 Å². The molecule has 6 heteroatoms. The number of nitrogens with zero attached hydrogens (tertiary/aromatic N) is 1. The van der Waals surface area contributed by atoms with E-state index in [9.17, 15) is 13.2 Å². The maximum absolute atomic E-state index is 13.1. The summed E-state index contributed by atoms with van der Waals surface area (Å²) in [6.07, 6.45) is -3.33. The Kier molecular flexibility index (Phi) is 4.72. The van der Waals surface area contributed by atoms with Crippen molar-refractivity contribution >= 4 is 5.69 Å². The molecule has 1 N–H and O–H groups in total. The van der Waals surface area contributed by atoms with E-state index in [4.69, 9.17) is 4.74 Å². The van der Waals surface area contributed by atoms with Gasteiger partial charge in [-0.3, -0.25) is 0 Å². The molecule has 0 aliphatic carbocycles. The number of aryl methyl sites for hydroxylation is 2. The average Bonchev–Trinajstić information content (AvgIpc) is 2.99. The summed E-state index contributed by atoms with van der Waals surface area (Å²) in [5.41, 5.74) is 6.02. The molecule has 1 aliphatic rings. The smallest absolute Gasteiger partial charge is 0.409 e. The number of rotatable bonds is 4. The molecule has 0 amide bonds. The van der Waals surface area contributed by atoms with Crippen LogP contribution in [0.2, 0.25) is 0 Å². The van der Waals surface area contributed by atoms with E-state index in [1.807, 2.05) is 44.2 Å². The maximum Gasteiger partial charge on any atom is 0.409 e. The number of hydrazine groups is 1. The van der Waals surface area contributed by atoms with Gasteiger partial charge in [-0.05, 0) is 37.1 Å². The quantitative estimate of drug-likeness (QED) is 0.873. The molecular formula is C19H19F3N2O. The van der Waals surface area contributed by atoms with Crippen molar-refractivity contribution in [2.75, 3.05) is 5.01 Å². The first kappa shape index (κ1) is 17.4. The minimum Gasteiger partial charge on any atom is -0.473 e. The second-order valence-electron chi connectivity index (χ2n) is 6.10. The molecule has 1 unspecified atom stereocenters. The number of hydrogen-bond acceptors (Lipinski definition) is 3. The van der Waals surface area contributed by atoms with E-state index in [0.717, 1.165) is 22.8 Å². The van der Waals surface area contributed by atoms with Crippen LogP contribution in [0.4, 0.5) is 18.9 Å². The molecule has 0 saturated heterocycles. The predicted octanol–water partition coefficient (Wildman–Crippen LogP) is 4.62. The number of halogens is 3. The highest BCUT2D eigenvalue weighted by Gasteiger charge is 2.44. The van der Waals surface area contributed by atoms with Crippen molar-refractivity contribution < 1.29 is 17.9 Å². The first-order valence-corrected chi connectivity index (χ1v) is 7.93. The van der Waals surface area contributed by atoms with Crippen LogP contribution in [-0.4, -0.2) is 12.2 Å². The van der Waals surface area contributed by atoms with Crippen LogP contribution in [0.3, 0.4) is 0 Å². The van der Waals surface area contributed by atoms with Crippen molar-refractivity contribution in [2.24, 2.45) is 0 Å². The lowest BCUT2D eigenvalue weighted by molar-refractivity contribution is -0.142. The molecule has 0 radical (unpaired) electrons. The molecule has 2 aromatic rings. The van der Waals surface area contributed by atoms with E-state index in [1.165, 1.54) is 5.01 Å². The molecule has 25 heavy (non-hydrogen) atoms. The molecular weight excluding hydrogens is 329 g/mol. The van der Waals surface area contributed by atoms with Gasteiger partial charge in [0.15, 0.2) is 0 Å². The number of nitrogens with one attached hydrogen (secondary N) is 1. The standard InChI is InChI=1S/C19H19F3N2O/c1-13-6-8-15(9-7-13)12-25-18-11-17(19(20,21)22)23-24(18)16-5-3-4-14(2)10-16/h3-11,17,23H,12H2,1-2H3. The van der Waals surface area contributed by atoms with Gasteiger partial charge in [-0.2, -0.15) is 13.2 Å². The summed E-state index contributed by atoms with van der Waals surface area (Å²) in [7, 11) is 0. The Morgan fingerprint density at radius 3 is 2.40 bits per heavy atom. The van der Waals surface area contributed by atoms with Crippen LogP contribution < -0.4 is 10.4 Å². The predicted molar refractivity (Wildman–Crippen MR) is 90.7 cm³/mol. The largest absolute Gasteiger partial charge is 0.473 e. The van der Waals surface area contributed by atoms with Crippen LogP contribution in [0.15, 0.2) is 60.5 Å². The summed E-state index contributed by atoms with van der Waals surface area (Å²) in [6.45, 7) is 4.06. The topological polar surface area (TPSA) is 24.5 Å². The molecule has 0 bridgehead atoms. The van der Waals surface area contributed by atoms with Gasteiger partial charge in [0.2, 0.25) is 5.88 Å². The van der Waals surface area contributed by atoms with Crippen molar-refractivity contribution in [3.8, 4) is 0 Å². The first-order chi connectivity index (χ1) is 11.8. The lowest BCUT2D eigenvalue weighted by atomic mass is 10.2. The maximum atomic E-state index is 13.1. The average molecular weight is 348 g/mol. The van der Waals surface area contributed by atoms with Gasteiger partial charge in [0.1, 0.15) is 12.6 Å². The van der Waals surface area contributed by atoms with Gasteiger partial charge in [-0.25, -0.2) is 10.4 Å². The van der Waals surface area contributed by atoms with Crippen molar-refractivity contribution in [1.82, 2.24) is 5.43 Å². The van der Waals surface area contributed by atoms with E-state index < -0.39 is 12.2 Å². The number of alkyl halides is 3. The van der Waals surface area contributed by atoms with Gasteiger partial charge in [0.05, 0.1) is 5.69 Å². The minimum atomic E-state index is -4.39. The van der Waals surface area contributed by atoms with Gasteiger partial charge in [0, 0.05) is 6.08 Å². The van der Waals surface area contributed by atoms with Crippen LogP contribution in [0.1, 0.15) is 16.7 Å². The van der Waals surface area contributed by atoms with E-state index in [-0.39, 0.29) is 12.5 Å². The number of ether oxygens (including phenoxy) is 1. The highest BCUT2D eigenvalue weighted by molar-refractivity contribution is 5.53. The van der Waals surface area contributed by atoms with E-state index in [0.29, 0.717) is 5.69 Å². The molecule has 1 atom stereocenters. The molecule has 0 saturated carbocycles.